The van der Waals surface area contributed by atoms with Crippen molar-refractivity contribution in [3.8, 4) is 0 Å². The summed E-state index contributed by atoms with van der Waals surface area (Å²) in [5.74, 6) is 0. The first kappa shape index (κ1) is 12.4. The Morgan fingerprint density at radius 3 is 2.89 bits per heavy atom. The number of hydrogen-bond acceptors (Lipinski definition) is 4. The van der Waals surface area contributed by atoms with Crippen LogP contribution in [0, 0.1) is 10.1 Å². The van der Waals surface area contributed by atoms with Gasteiger partial charge in [-0.3, -0.25) is 14.8 Å². The molecule has 2 rings (SSSR count). The summed E-state index contributed by atoms with van der Waals surface area (Å²) in [6.07, 6.45) is 1.81. The van der Waals surface area contributed by atoms with Gasteiger partial charge in [0.05, 0.1) is 17.2 Å². The minimum Gasteiger partial charge on any atom is -0.374 e. The normalized spacial score (nSPS) is 10.3. The molecular formula is C11H11ClN4O2. The Hall–Kier alpha value is -2.08. The zero-order chi connectivity index (χ0) is 13.1. The SMILES string of the molecule is Cn1ccc(CNc2cccc(Cl)c2[N+](=O)[O-])n1. The summed E-state index contributed by atoms with van der Waals surface area (Å²) in [4.78, 5) is 10.4. The van der Waals surface area contributed by atoms with E-state index in [0.717, 1.165) is 5.69 Å². The maximum Gasteiger partial charge on any atom is 0.310 e. The van der Waals surface area contributed by atoms with Gasteiger partial charge < -0.3 is 5.32 Å². The Labute approximate surface area is 108 Å². The van der Waals surface area contributed by atoms with Crippen LogP contribution >= 0.6 is 11.6 Å². The van der Waals surface area contributed by atoms with Gasteiger partial charge in [0.15, 0.2) is 0 Å². The third-order valence-electron chi connectivity index (χ3n) is 2.40. The van der Waals surface area contributed by atoms with E-state index in [1.807, 2.05) is 19.3 Å². The Morgan fingerprint density at radius 1 is 1.50 bits per heavy atom. The molecule has 0 saturated carbocycles. The Morgan fingerprint density at radius 2 is 2.28 bits per heavy atom. The number of benzene rings is 1. The molecule has 1 heterocycles. The minimum atomic E-state index is -0.497. The number of nitrogens with one attached hydrogen (secondary N) is 1. The van der Waals surface area contributed by atoms with Crippen LogP contribution in [0.4, 0.5) is 11.4 Å². The molecule has 0 spiro atoms. The largest absolute Gasteiger partial charge is 0.374 e. The van der Waals surface area contributed by atoms with Crippen LogP contribution in [0.1, 0.15) is 5.69 Å². The van der Waals surface area contributed by atoms with Crippen molar-refractivity contribution in [1.82, 2.24) is 9.78 Å². The fourth-order valence-electron chi connectivity index (χ4n) is 1.59. The predicted octanol–water partition coefficient (Wildman–Crippen LogP) is 2.59. The highest BCUT2D eigenvalue weighted by Gasteiger charge is 2.17. The number of nitro benzene ring substituents is 1. The van der Waals surface area contributed by atoms with Crippen LogP contribution in [-0.2, 0) is 13.6 Å². The van der Waals surface area contributed by atoms with Gasteiger partial charge >= 0.3 is 5.69 Å². The summed E-state index contributed by atoms with van der Waals surface area (Å²) >= 11 is 5.81. The average molecular weight is 267 g/mol. The van der Waals surface area contributed by atoms with Gasteiger partial charge in [-0.05, 0) is 18.2 Å². The van der Waals surface area contributed by atoms with E-state index < -0.39 is 4.92 Å². The lowest BCUT2D eigenvalue weighted by atomic mass is 10.2. The first-order chi connectivity index (χ1) is 8.58. The van der Waals surface area contributed by atoms with Crippen LogP contribution < -0.4 is 5.32 Å². The molecular weight excluding hydrogens is 256 g/mol. The first-order valence-electron chi connectivity index (χ1n) is 5.23. The summed E-state index contributed by atoms with van der Waals surface area (Å²) in [5.41, 5.74) is 1.07. The zero-order valence-electron chi connectivity index (χ0n) is 9.63. The van der Waals surface area contributed by atoms with Crippen molar-refractivity contribution in [2.75, 3.05) is 5.32 Å². The predicted molar refractivity (Wildman–Crippen MR) is 68.6 cm³/mol. The van der Waals surface area contributed by atoms with Crippen molar-refractivity contribution in [1.29, 1.82) is 0 Å². The molecule has 7 heteroatoms. The molecule has 6 nitrogen and oxygen atoms in total. The van der Waals surface area contributed by atoms with Gasteiger partial charge in [-0.2, -0.15) is 5.10 Å². The third kappa shape index (κ3) is 2.60. The van der Waals surface area contributed by atoms with Crippen LogP contribution in [0.3, 0.4) is 0 Å². The molecule has 0 aliphatic carbocycles. The highest BCUT2D eigenvalue weighted by atomic mass is 35.5. The van der Waals surface area contributed by atoms with Gasteiger partial charge in [0.2, 0.25) is 0 Å². The van der Waals surface area contributed by atoms with Crippen LogP contribution in [0.15, 0.2) is 30.5 Å². The number of halogens is 1. The fraction of sp³-hybridized carbons (Fsp3) is 0.182. The van der Waals surface area contributed by atoms with Crippen LogP contribution in [-0.4, -0.2) is 14.7 Å². The molecule has 0 atom stereocenters. The van der Waals surface area contributed by atoms with Gasteiger partial charge in [-0.1, -0.05) is 17.7 Å². The van der Waals surface area contributed by atoms with Crippen molar-refractivity contribution < 1.29 is 4.92 Å². The molecule has 0 amide bonds. The van der Waals surface area contributed by atoms with E-state index in [-0.39, 0.29) is 10.7 Å². The van der Waals surface area contributed by atoms with Gasteiger partial charge in [0.1, 0.15) is 10.7 Å². The summed E-state index contributed by atoms with van der Waals surface area (Å²) in [5, 5.41) is 18.2. The number of aryl methyl sites for hydroxylation is 1. The van der Waals surface area contributed by atoms with E-state index in [1.54, 1.807) is 16.8 Å². The summed E-state index contributed by atoms with van der Waals surface area (Å²) in [6, 6.07) is 6.61. The van der Waals surface area contributed by atoms with Gasteiger partial charge in [0, 0.05) is 13.2 Å². The summed E-state index contributed by atoms with van der Waals surface area (Å²) in [6.45, 7) is 0.405. The Balaban J connectivity index is 2.19. The Kier molecular flexibility index (Phi) is 3.47. The van der Waals surface area contributed by atoms with Crippen molar-refractivity contribution in [2.45, 2.75) is 6.54 Å². The molecule has 0 unspecified atom stereocenters. The highest BCUT2D eigenvalue weighted by Crippen LogP contribution is 2.32. The minimum absolute atomic E-state index is 0.116. The lowest BCUT2D eigenvalue weighted by Crippen LogP contribution is -2.04. The van der Waals surface area contributed by atoms with Gasteiger partial charge in [-0.15, -0.1) is 0 Å². The molecule has 1 aromatic carbocycles. The maximum absolute atomic E-state index is 10.9. The number of hydrogen-bond donors (Lipinski definition) is 1. The second kappa shape index (κ2) is 5.05. The standard InChI is InChI=1S/C11H11ClN4O2/c1-15-6-5-8(14-15)7-13-10-4-2-3-9(12)11(10)16(17)18/h2-6,13H,7H2,1H3. The first-order valence-corrected chi connectivity index (χ1v) is 5.61. The molecule has 0 aliphatic heterocycles. The molecule has 0 fully saturated rings. The molecule has 1 N–H and O–H groups in total. The van der Waals surface area contributed by atoms with E-state index in [0.29, 0.717) is 12.2 Å². The molecule has 94 valence electrons. The fourth-order valence-corrected chi connectivity index (χ4v) is 1.83. The van der Waals surface area contributed by atoms with Crippen LogP contribution in [0.25, 0.3) is 0 Å². The molecule has 2 aromatic rings. The zero-order valence-corrected chi connectivity index (χ0v) is 10.4. The molecule has 0 aliphatic rings. The highest BCUT2D eigenvalue weighted by molar-refractivity contribution is 6.33. The number of anilines is 1. The smallest absolute Gasteiger partial charge is 0.310 e. The van der Waals surface area contributed by atoms with Crippen molar-refractivity contribution >= 4 is 23.0 Å². The third-order valence-corrected chi connectivity index (χ3v) is 2.70. The second-order valence-electron chi connectivity index (χ2n) is 3.73. The average Bonchev–Trinajstić information content (AvgIpc) is 2.72. The number of nitrogens with zero attached hydrogens (tertiary/aromatic N) is 3. The molecule has 1 aromatic heterocycles. The monoisotopic (exact) mass is 266 g/mol. The van der Waals surface area contributed by atoms with Crippen LogP contribution in [0.2, 0.25) is 5.02 Å². The van der Waals surface area contributed by atoms with E-state index in [2.05, 4.69) is 10.4 Å². The number of nitro groups is 1. The molecule has 18 heavy (non-hydrogen) atoms. The number of para-hydroxylation sites is 1. The lowest BCUT2D eigenvalue weighted by molar-refractivity contribution is -0.383. The van der Waals surface area contributed by atoms with Gasteiger partial charge in [0.25, 0.3) is 0 Å². The topological polar surface area (TPSA) is 73.0 Å². The number of rotatable bonds is 4. The summed E-state index contributed by atoms with van der Waals surface area (Å²) in [7, 11) is 1.81. The van der Waals surface area contributed by atoms with Crippen molar-refractivity contribution in [3.63, 3.8) is 0 Å². The molecule has 0 bridgehead atoms. The van der Waals surface area contributed by atoms with E-state index in [1.165, 1.54) is 6.07 Å². The lowest BCUT2D eigenvalue weighted by Gasteiger charge is -2.06. The van der Waals surface area contributed by atoms with Gasteiger partial charge in [-0.25, -0.2) is 0 Å². The van der Waals surface area contributed by atoms with Crippen molar-refractivity contribution in [3.05, 3.63) is 51.3 Å². The quantitative estimate of drug-likeness (QED) is 0.682. The Bertz CT molecular complexity index is 582. The van der Waals surface area contributed by atoms with E-state index >= 15 is 0 Å². The van der Waals surface area contributed by atoms with Crippen LogP contribution in [0.5, 0.6) is 0 Å². The second-order valence-corrected chi connectivity index (χ2v) is 4.13. The molecule has 0 radical (unpaired) electrons. The maximum atomic E-state index is 10.9. The number of aromatic nitrogens is 2. The van der Waals surface area contributed by atoms with E-state index in [9.17, 15) is 10.1 Å². The summed E-state index contributed by atoms with van der Waals surface area (Å²) < 4.78 is 1.67. The van der Waals surface area contributed by atoms with E-state index in [4.69, 9.17) is 11.6 Å². The molecule has 0 saturated heterocycles. The van der Waals surface area contributed by atoms with Crippen molar-refractivity contribution in [2.24, 2.45) is 7.05 Å².